The van der Waals surface area contributed by atoms with Crippen molar-refractivity contribution >= 4 is 26.9 Å². The molecule has 12 heteroatoms. The van der Waals surface area contributed by atoms with Gasteiger partial charge in [0, 0.05) is 30.1 Å². The molecule has 192 valence electrons. The molecule has 0 saturated carbocycles. The van der Waals surface area contributed by atoms with E-state index in [1.807, 2.05) is 0 Å². The molecular weight excluding hydrogens is 509 g/mol. The van der Waals surface area contributed by atoms with Gasteiger partial charge in [-0.2, -0.15) is 27.7 Å². The van der Waals surface area contributed by atoms with Crippen LogP contribution in [0.1, 0.15) is 24.0 Å². The van der Waals surface area contributed by atoms with Crippen molar-refractivity contribution in [3.05, 3.63) is 78.0 Å². The van der Waals surface area contributed by atoms with Gasteiger partial charge >= 0.3 is 6.18 Å². The van der Waals surface area contributed by atoms with Crippen LogP contribution in [0.15, 0.2) is 76.4 Å². The first-order chi connectivity index (χ1) is 17.6. The number of halogens is 3. The van der Waals surface area contributed by atoms with E-state index >= 15 is 0 Å². The van der Waals surface area contributed by atoms with Gasteiger partial charge in [-0.15, -0.1) is 0 Å². The number of alkyl halides is 3. The van der Waals surface area contributed by atoms with Gasteiger partial charge in [-0.3, -0.25) is 4.79 Å². The van der Waals surface area contributed by atoms with E-state index in [2.05, 4.69) is 15.5 Å². The quantitative estimate of drug-likeness (QED) is 0.397. The number of hydrogen-bond donors (Lipinski definition) is 1. The second-order valence-electron chi connectivity index (χ2n) is 8.62. The lowest BCUT2D eigenvalue weighted by molar-refractivity contribution is -0.137. The van der Waals surface area contributed by atoms with E-state index in [0.29, 0.717) is 40.6 Å². The Hall–Kier alpha value is -3.77. The van der Waals surface area contributed by atoms with Crippen LogP contribution in [0.3, 0.4) is 0 Å². The molecule has 1 saturated heterocycles. The predicted molar refractivity (Wildman–Crippen MR) is 127 cm³/mol. The van der Waals surface area contributed by atoms with Crippen LogP contribution in [0.2, 0.25) is 0 Å². The van der Waals surface area contributed by atoms with Crippen molar-refractivity contribution in [2.24, 2.45) is 0 Å². The number of benzene rings is 2. The lowest BCUT2D eigenvalue weighted by Crippen LogP contribution is -2.45. The molecule has 1 N–H and O–H groups in total. The standard InChI is InChI=1S/C25H21F3N4O4S/c26-25(27,28)19-9-7-17(8-10-19)20-12-16(15-30-31-20)14-29-24(33)21-5-3-11-32(21)37(34,35)23-13-18-4-1-2-6-22(18)36-23/h1-2,4,6-10,12-13,15,21H,3,5,11,14H2,(H,29,33)/t21-/m0/s1. The van der Waals surface area contributed by atoms with E-state index in [0.717, 1.165) is 16.4 Å². The lowest BCUT2D eigenvalue weighted by Gasteiger charge is -2.22. The van der Waals surface area contributed by atoms with Crippen LogP contribution >= 0.6 is 0 Å². The van der Waals surface area contributed by atoms with Crippen molar-refractivity contribution in [1.82, 2.24) is 19.8 Å². The number of carbonyl (C=O) groups excluding carboxylic acids is 1. The van der Waals surface area contributed by atoms with Crippen LogP contribution in [0.5, 0.6) is 0 Å². The zero-order valence-corrected chi connectivity index (χ0v) is 20.1. The molecule has 1 aliphatic heterocycles. The number of furan rings is 1. The number of amides is 1. The fraction of sp³-hybridized carbons (Fsp3) is 0.240. The third-order valence-electron chi connectivity index (χ3n) is 6.16. The van der Waals surface area contributed by atoms with Crippen molar-refractivity contribution in [3.8, 4) is 11.3 Å². The molecule has 8 nitrogen and oxygen atoms in total. The van der Waals surface area contributed by atoms with Gasteiger partial charge in [0.1, 0.15) is 11.6 Å². The number of carbonyl (C=O) groups is 1. The molecule has 1 atom stereocenters. The van der Waals surface area contributed by atoms with Crippen molar-refractivity contribution < 1.29 is 30.8 Å². The maximum absolute atomic E-state index is 13.2. The average Bonchev–Trinajstić information content (AvgIpc) is 3.55. The molecule has 0 unspecified atom stereocenters. The van der Waals surface area contributed by atoms with E-state index in [1.165, 1.54) is 24.4 Å². The minimum atomic E-state index is -4.44. The maximum Gasteiger partial charge on any atom is 0.416 e. The molecule has 5 rings (SSSR count). The highest BCUT2D eigenvalue weighted by molar-refractivity contribution is 7.89. The van der Waals surface area contributed by atoms with Gasteiger partial charge in [-0.05, 0) is 42.7 Å². The lowest BCUT2D eigenvalue weighted by atomic mass is 10.1. The van der Waals surface area contributed by atoms with E-state index in [-0.39, 0.29) is 18.2 Å². The second kappa shape index (κ2) is 9.60. The van der Waals surface area contributed by atoms with Gasteiger partial charge in [-0.1, -0.05) is 30.3 Å². The zero-order chi connectivity index (χ0) is 26.2. The summed E-state index contributed by atoms with van der Waals surface area (Å²) in [7, 11) is -4.03. The monoisotopic (exact) mass is 530 g/mol. The highest BCUT2D eigenvalue weighted by Crippen LogP contribution is 2.31. The fourth-order valence-corrected chi connectivity index (χ4v) is 5.88. The van der Waals surface area contributed by atoms with Gasteiger partial charge in [0.25, 0.3) is 10.0 Å². The Bertz CT molecular complexity index is 1520. The maximum atomic E-state index is 13.2. The number of nitrogens with one attached hydrogen (secondary N) is 1. The summed E-state index contributed by atoms with van der Waals surface area (Å²) in [4.78, 5) is 13.0. The van der Waals surface area contributed by atoms with Gasteiger partial charge in [0.2, 0.25) is 11.0 Å². The normalized spacial score (nSPS) is 16.8. The Morgan fingerprint density at radius 3 is 2.59 bits per heavy atom. The minimum absolute atomic E-state index is 0.0387. The number of fused-ring (bicyclic) bond motifs is 1. The van der Waals surface area contributed by atoms with Gasteiger partial charge < -0.3 is 9.73 Å². The summed E-state index contributed by atoms with van der Waals surface area (Å²) >= 11 is 0. The van der Waals surface area contributed by atoms with Crippen LogP contribution in [-0.4, -0.2) is 41.4 Å². The molecule has 1 fully saturated rings. The minimum Gasteiger partial charge on any atom is -0.443 e. The number of sulfonamides is 1. The number of aromatic nitrogens is 2. The summed E-state index contributed by atoms with van der Waals surface area (Å²) in [5, 5.41) is 11.0. The summed E-state index contributed by atoms with van der Waals surface area (Å²) in [5.74, 6) is -0.468. The van der Waals surface area contributed by atoms with Crippen molar-refractivity contribution in [2.75, 3.05) is 6.54 Å². The number of hydrogen-bond acceptors (Lipinski definition) is 6. The molecule has 2 aromatic carbocycles. The summed E-state index contributed by atoms with van der Waals surface area (Å²) in [6.07, 6.45) is -2.14. The van der Waals surface area contributed by atoms with Gasteiger partial charge in [-0.25, -0.2) is 8.42 Å². The van der Waals surface area contributed by atoms with E-state index in [4.69, 9.17) is 4.42 Å². The molecule has 1 aliphatic rings. The van der Waals surface area contributed by atoms with Crippen LogP contribution in [-0.2, 0) is 27.5 Å². The first kappa shape index (κ1) is 24.9. The Morgan fingerprint density at radius 1 is 1.11 bits per heavy atom. The number of nitrogens with zero attached hydrogens (tertiary/aromatic N) is 3. The second-order valence-corrected chi connectivity index (χ2v) is 10.4. The van der Waals surface area contributed by atoms with Crippen LogP contribution < -0.4 is 5.32 Å². The molecular formula is C25H21F3N4O4S. The molecule has 1 amide bonds. The molecule has 0 bridgehead atoms. The molecule has 2 aromatic heterocycles. The smallest absolute Gasteiger partial charge is 0.416 e. The first-order valence-electron chi connectivity index (χ1n) is 11.4. The summed E-state index contributed by atoms with van der Waals surface area (Å²) in [6, 6.07) is 13.6. The summed E-state index contributed by atoms with van der Waals surface area (Å²) in [6.45, 7) is 0.226. The fourth-order valence-electron chi connectivity index (χ4n) is 4.27. The van der Waals surface area contributed by atoms with Crippen LogP contribution in [0.4, 0.5) is 13.2 Å². The predicted octanol–water partition coefficient (Wildman–Crippen LogP) is 4.38. The summed E-state index contributed by atoms with van der Waals surface area (Å²) < 4.78 is 71.7. The number of para-hydroxylation sites is 1. The first-order valence-corrected chi connectivity index (χ1v) is 12.8. The van der Waals surface area contributed by atoms with E-state index in [1.54, 1.807) is 30.3 Å². The van der Waals surface area contributed by atoms with E-state index < -0.39 is 33.7 Å². The van der Waals surface area contributed by atoms with Gasteiger partial charge in [0.15, 0.2) is 0 Å². The molecule has 0 radical (unpaired) electrons. The van der Waals surface area contributed by atoms with Crippen molar-refractivity contribution in [2.45, 2.75) is 36.7 Å². The third-order valence-corrected chi connectivity index (χ3v) is 7.92. The summed E-state index contributed by atoms with van der Waals surface area (Å²) in [5.41, 5.74) is 1.01. The highest BCUT2D eigenvalue weighted by atomic mass is 32.2. The largest absolute Gasteiger partial charge is 0.443 e. The third kappa shape index (κ3) is 5.07. The van der Waals surface area contributed by atoms with Gasteiger partial charge in [0.05, 0.1) is 17.5 Å². The molecule has 3 heterocycles. The molecule has 37 heavy (non-hydrogen) atoms. The van der Waals surface area contributed by atoms with Crippen molar-refractivity contribution in [1.29, 1.82) is 0 Å². The molecule has 0 aliphatic carbocycles. The molecule has 0 spiro atoms. The Kier molecular flexibility index (Phi) is 6.46. The average molecular weight is 531 g/mol. The Balaban J connectivity index is 1.28. The zero-order valence-electron chi connectivity index (χ0n) is 19.3. The highest BCUT2D eigenvalue weighted by Gasteiger charge is 2.41. The van der Waals surface area contributed by atoms with E-state index in [9.17, 15) is 26.4 Å². The molecule has 4 aromatic rings. The van der Waals surface area contributed by atoms with Crippen LogP contribution in [0.25, 0.3) is 22.2 Å². The topological polar surface area (TPSA) is 105 Å². The SMILES string of the molecule is O=C(NCc1cnnc(-c2ccc(C(F)(F)F)cc2)c1)[C@@H]1CCCN1S(=O)(=O)c1cc2ccccc2o1. The Morgan fingerprint density at radius 2 is 1.86 bits per heavy atom. The Labute approximate surface area is 210 Å². The van der Waals surface area contributed by atoms with Crippen molar-refractivity contribution in [3.63, 3.8) is 0 Å². The van der Waals surface area contributed by atoms with Crippen LogP contribution in [0, 0.1) is 0 Å². The number of rotatable bonds is 6.